The molecule has 160 valence electrons. The Kier molecular flexibility index (Phi) is 10.4. The second kappa shape index (κ2) is 11.1. The first kappa shape index (κ1) is 26.3. The smallest absolute Gasteiger partial charge is 0.243 e. The summed E-state index contributed by atoms with van der Waals surface area (Å²) in [6.45, 7) is 3.57. The monoisotopic (exact) mass is 529 g/mol. The molecular weight excluding hydrogens is 511 g/mol. The SMILES string of the molecule is CC(CC(=O)N(C)[C@H](C[C@@H](C)C(Cl)(Cl)Cl)C(=O)NCc1nccs1)C(Cl)(Cl)Cl. The highest BCUT2D eigenvalue weighted by Gasteiger charge is 2.37. The molecule has 0 saturated carbocycles. The van der Waals surface area contributed by atoms with Crippen LogP contribution in [0.2, 0.25) is 0 Å². The van der Waals surface area contributed by atoms with Crippen LogP contribution in [0.1, 0.15) is 31.7 Å². The van der Waals surface area contributed by atoms with Crippen LogP contribution in [0.4, 0.5) is 0 Å². The predicted molar refractivity (Wildman–Crippen MR) is 119 cm³/mol. The van der Waals surface area contributed by atoms with Crippen molar-refractivity contribution in [2.45, 2.75) is 46.9 Å². The highest BCUT2D eigenvalue weighted by Crippen LogP contribution is 2.39. The summed E-state index contributed by atoms with van der Waals surface area (Å²) in [7, 11) is 1.51. The number of halogens is 6. The van der Waals surface area contributed by atoms with E-state index in [9.17, 15) is 9.59 Å². The number of hydrogen-bond acceptors (Lipinski definition) is 4. The fourth-order valence-corrected chi connectivity index (χ4v) is 3.28. The van der Waals surface area contributed by atoms with E-state index in [2.05, 4.69) is 10.3 Å². The molecule has 0 aliphatic rings. The van der Waals surface area contributed by atoms with E-state index in [1.165, 1.54) is 23.3 Å². The van der Waals surface area contributed by atoms with Crippen LogP contribution in [-0.2, 0) is 16.1 Å². The highest BCUT2D eigenvalue weighted by atomic mass is 35.6. The quantitative estimate of drug-likeness (QED) is 0.458. The van der Waals surface area contributed by atoms with E-state index in [1.807, 2.05) is 0 Å². The van der Waals surface area contributed by atoms with E-state index < -0.39 is 25.5 Å². The molecule has 28 heavy (non-hydrogen) atoms. The predicted octanol–water partition coefficient (Wildman–Crippen LogP) is 5.38. The van der Waals surface area contributed by atoms with Crippen LogP contribution < -0.4 is 5.32 Å². The van der Waals surface area contributed by atoms with Gasteiger partial charge in [0.15, 0.2) is 7.59 Å². The van der Waals surface area contributed by atoms with E-state index in [0.717, 1.165) is 5.01 Å². The van der Waals surface area contributed by atoms with E-state index in [-0.39, 0.29) is 31.2 Å². The normalized spacial score (nSPS) is 15.6. The highest BCUT2D eigenvalue weighted by molar-refractivity contribution is 7.09. The van der Waals surface area contributed by atoms with Gasteiger partial charge in [0.25, 0.3) is 0 Å². The first-order chi connectivity index (χ1) is 12.7. The molecule has 0 bridgehead atoms. The first-order valence-corrected chi connectivity index (χ1v) is 11.4. The summed E-state index contributed by atoms with van der Waals surface area (Å²) in [5.74, 6) is -1.77. The van der Waals surface area contributed by atoms with Crippen LogP contribution in [-0.4, -0.2) is 42.4 Å². The van der Waals surface area contributed by atoms with Crippen LogP contribution in [0.15, 0.2) is 11.6 Å². The number of amides is 2. The third-order valence-corrected chi connectivity index (χ3v) is 7.25. The third-order valence-electron chi connectivity index (χ3n) is 4.24. The van der Waals surface area contributed by atoms with Crippen molar-refractivity contribution in [1.82, 2.24) is 15.2 Å². The zero-order valence-corrected chi connectivity index (χ0v) is 20.7. The molecule has 1 heterocycles. The van der Waals surface area contributed by atoms with Gasteiger partial charge in [-0.05, 0) is 6.42 Å². The van der Waals surface area contributed by atoms with Gasteiger partial charge in [0.05, 0.1) is 6.54 Å². The molecule has 0 aliphatic carbocycles. The topological polar surface area (TPSA) is 62.3 Å². The summed E-state index contributed by atoms with van der Waals surface area (Å²) in [6.07, 6.45) is 1.73. The number of alkyl halides is 6. The number of hydrogen-bond donors (Lipinski definition) is 1. The van der Waals surface area contributed by atoms with Crippen molar-refractivity contribution >= 4 is 92.8 Å². The Morgan fingerprint density at radius 1 is 1.14 bits per heavy atom. The first-order valence-electron chi connectivity index (χ1n) is 8.28. The molecule has 5 nitrogen and oxygen atoms in total. The lowest BCUT2D eigenvalue weighted by atomic mass is 10.00. The largest absolute Gasteiger partial charge is 0.348 e. The fraction of sp³-hybridized carbons (Fsp3) is 0.688. The number of carbonyl (C=O) groups is 2. The van der Waals surface area contributed by atoms with Crippen LogP contribution >= 0.6 is 80.9 Å². The standard InChI is InChI=1S/C16H21Cl6N3O2S/c1-9(15(17,18)19)6-11(14(27)24-8-12-23-4-5-28-12)25(3)13(26)7-10(2)16(20,21)22/h4-5,9-11H,6-8H2,1-3H3,(H,24,27)/t9-,10?,11-/m1/s1. The van der Waals surface area contributed by atoms with Gasteiger partial charge < -0.3 is 10.2 Å². The zero-order valence-electron chi connectivity index (χ0n) is 15.4. The molecule has 0 radical (unpaired) electrons. The Morgan fingerprint density at radius 3 is 2.18 bits per heavy atom. The molecule has 0 aliphatic heterocycles. The van der Waals surface area contributed by atoms with Gasteiger partial charge in [0.2, 0.25) is 11.8 Å². The van der Waals surface area contributed by atoms with Gasteiger partial charge in [-0.3, -0.25) is 9.59 Å². The van der Waals surface area contributed by atoms with Crippen molar-refractivity contribution in [3.63, 3.8) is 0 Å². The number of rotatable bonds is 8. The molecule has 2 amide bonds. The molecule has 1 N–H and O–H groups in total. The van der Waals surface area contributed by atoms with Crippen LogP contribution in [0.3, 0.4) is 0 Å². The number of likely N-dealkylation sites (N-methyl/N-ethyl adjacent to an activating group) is 1. The summed E-state index contributed by atoms with van der Waals surface area (Å²) in [5.41, 5.74) is 0. The maximum Gasteiger partial charge on any atom is 0.243 e. The zero-order chi connectivity index (χ0) is 21.7. The van der Waals surface area contributed by atoms with Gasteiger partial charge in [-0.25, -0.2) is 4.98 Å². The van der Waals surface area contributed by atoms with Crippen molar-refractivity contribution in [3.05, 3.63) is 16.6 Å². The second-order valence-corrected chi connectivity index (χ2v) is 12.2. The minimum Gasteiger partial charge on any atom is -0.348 e. The van der Waals surface area contributed by atoms with E-state index in [4.69, 9.17) is 69.6 Å². The van der Waals surface area contributed by atoms with Gasteiger partial charge in [-0.15, -0.1) is 11.3 Å². The molecule has 1 unspecified atom stereocenters. The Balaban J connectivity index is 2.91. The summed E-state index contributed by atoms with van der Waals surface area (Å²) in [4.78, 5) is 30.9. The average molecular weight is 532 g/mol. The van der Waals surface area contributed by atoms with Gasteiger partial charge in [0, 0.05) is 36.9 Å². The van der Waals surface area contributed by atoms with Crippen molar-refractivity contribution in [2.75, 3.05) is 7.05 Å². The number of carbonyl (C=O) groups excluding carboxylic acids is 2. The molecule has 0 fully saturated rings. The maximum atomic E-state index is 12.8. The summed E-state index contributed by atoms with van der Waals surface area (Å²) in [6, 6.07) is -0.860. The van der Waals surface area contributed by atoms with Crippen molar-refractivity contribution in [2.24, 2.45) is 11.8 Å². The van der Waals surface area contributed by atoms with Gasteiger partial charge in [-0.1, -0.05) is 83.5 Å². The fourth-order valence-electron chi connectivity index (χ4n) is 2.23. The Morgan fingerprint density at radius 2 is 1.71 bits per heavy atom. The van der Waals surface area contributed by atoms with Crippen LogP contribution in [0.5, 0.6) is 0 Å². The summed E-state index contributed by atoms with van der Waals surface area (Å²) < 4.78 is -3.17. The average Bonchev–Trinajstić information content (AvgIpc) is 3.08. The lowest BCUT2D eigenvalue weighted by molar-refractivity contribution is -0.140. The van der Waals surface area contributed by atoms with Gasteiger partial charge in [0.1, 0.15) is 11.0 Å². The molecule has 3 atom stereocenters. The second-order valence-electron chi connectivity index (χ2n) is 6.49. The number of nitrogens with zero attached hydrogens (tertiary/aromatic N) is 2. The Bertz CT molecular complexity index is 648. The molecule has 12 heteroatoms. The summed E-state index contributed by atoms with van der Waals surface area (Å²) >= 11 is 36.8. The van der Waals surface area contributed by atoms with Crippen molar-refractivity contribution < 1.29 is 9.59 Å². The number of aromatic nitrogens is 1. The molecule has 0 spiro atoms. The lowest BCUT2D eigenvalue weighted by Gasteiger charge is -2.32. The Hall–Kier alpha value is 0.310. The lowest BCUT2D eigenvalue weighted by Crippen LogP contribution is -2.49. The molecule has 0 saturated heterocycles. The molecule has 1 rings (SSSR count). The van der Waals surface area contributed by atoms with Gasteiger partial charge >= 0.3 is 0 Å². The van der Waals surface area contributed by atoms with Crippen molar-refractivity contribution in [1.29, 1.82) is 0 Å². The minimum absolute atomic E-state index is 0.0502. The van der Waals surface area contributed by atoms with E-state index in [0.29, 0.717) is 0 Å². The minimum atomic E-state index is -1.59. The third kappa shape index (κ3) is 8.58. The molecule has 1 aromatic heterocycles. The maximum absolute atomic E-state index is 12.8. The van der Waals surface area contributed by atoms with E-state index >= 15 is 0 Å². The van der Waals surface area contributed by atoms with Gasteiger partial charge in [-0.2, -0.15) is 0 Å². The molecule has 1 aromatic rings. The van der Waals surface area contributed by atoms with Crippen LogP contribution in [0.25, 0.3) is 0 Å². The Labute approximate surface area is 198 Å². The summed E-state index contributed by atoms with van der Waals surface area (Å²) in [5, 5.41) is 5.31. The van der Waals surface area contributed by atoms with Crippen molar-refractivity contribution in [3.8, 4) is 0 Å². The molecule has 0 aromatic carbocycles. The van der Waals surface area contributed by atoms with Crippen LogP contribution in [0, 0.1) is 11.8 Å². The number of nitrogens with one attached hydrogen (secondary N) is 1. The number of thiazole rings is 1. The molecular formula is C16H21Cl6N3O2S. The van der Waals surface area contributed by atoms with E-state index in [1.54, 1.807) is 25.4 Å².